The van der Waals surface area contributed by atoms with Crippen LogP contribution in [-0.2, 0) is 11.8 Å². The van der Waals surface area contributed by atoms with Gasteiger partial charge in [0.2, 0.25) is 0 Å². The maximum absolute atomic E-state index is 9.26. The van der Waals surface area contributed by atoms with Crippen LogP contribution in [0.3, 0.4) is 0 Å². The second kappa shape index (κ2) is 4.26. The number of benzene rings is 1. The summed E-state index contributed by atoms with van der Waals surface area (Å²) in [5.74, 6) is 0. The van der Waals surface area contributed by atoms with Gasteiger partial charge < -0.3 is 5.11 Å². The van der Waals surface area contributed by atoms with Crippen molar-refractivity contribution in [1.29, 1.82) is 5.26 Å². The van der Waals surface area contributed by atoms with Crippen LogP contribution in [0.1, 0.15) is 25.0 Å². The van der Waals surface area contributed by atoms with Gasteiger partial charge in [-0.3, -0.25) is 0 Å². The van der Waals surface area contributed by atoms with Gasteiger partial charge in [-0.15, -0.1) is 0 Å². The summed E-state index contributed by atoms with van der Waals surface area (Å²) in [5.41, 5.74) is 1.80. The first kappa shape index (κ1) is 10.7. The molecular weight excluding hydrogens is 174 g/mol. The summed E-state index contributed by atoms with van der Waals surface area (Å²) in [5, 5.41) is 17.9. The molecule has 0 aromatic heterocycles. The van der Waals surface area contributed by atoms with Crippen molar-refractivity contribution in [3.63, 3.8) is 0 Å². The molecule has 0 bridgehead atoms. The van der Waals surface area contributed by atoms with E-state index in [0.29, 0.717) is 6.42 Å². The van der Waals surface area contributed by atoms with E-state index in [1.54, 1.807) is 0 Å². The molecule has 0 unspecified atom stereocenters. The molecule has 2 heteroatoms. The summed E-state index contributed by atoms with van der Waals surface area (Å²) >= 11 is 0. The summed E-state index contributed by atoms with van der Waals surface area (Å²) in [7, 11) is 0. The zero-order valence-electron chi connectivity index (χ0n) is 8.62. The van der Waals surface area contributed by atoms with Crippen LogP contribution in [0.4, 0.5) is 0 Å². The molecule has 14 heavy (non-hydrogen) atoms. The van der Waals surface area contributed by atoms with Crippen molar-refractivity contribution in [2.75, 3.05) is 6.61 Å². The number of hydrogen-bond acceptors (Lipinski definition) is 2. The van der Waals surface area contributed by atoms with E-state index in [1.807, 2.05) is 38.1 Å². The quantitative estimate of drug-likeness (QED) is 0.790. The lowest BCUT2D eigenvalue weighted by Crippen LogP contribution is -2.23. The lowest BCUT2D eigenvalue weighted by atomic mass is 9.82. The minimum absolute atomic E-state index is 0.0927. The minimum Gasteiger partial charge on any atom is -0.395 e. The Bertz CT molecular complexity index is 350. The molecule has 74 valence electrons. The Hall–Kier alpha value is -1.33. The highest BCUT2D eigenvalue weighted by atomic mass is 16.3. The van der Waals surface area contributed by atoms with Crippen molar-refractivity contribution >= 4 is 0 Å². The highest BCUT2D eigenvalue weighted by Gasteiger charge is 2.21. The Balaban J connectivity index is 3.14. The van der Waals surface area contributed by atoms with Gasteiger partial charge in [0.15, 0.2) is 0 Å². The van der Waals surface area contributed by atoms with Crippen LogP contribution in [0.5, 0.6) is 0 Å². The molecule has 0 atom stereocenters. The Labute approximate surface area is 84.8 Å². The Morgan fingerprint density at radius 3 is 2.57 bits per heavy atom. The maximum atomic E-state index is 9.26. The van der Waals surface area contributed by atoms with E-state index < -0.39 is 0 Å². The van der Waals surface area contributed by atoms with Crippen molar-refractivity contribution in [3.8, 4) is 6.07 Å². The molecule has 2 nitrogen and oxygen atoms in total. The average molecular weight is 189 g/mol. The number of rotatable bonds is 3. The van der Waals surface area contributed by atoms with Gasteiger partial charge in [0, 0.05) is 5.41 Å². The number of hydrogen-bond donors (Lipinski definition) is 1. The molecule has 0 saturated heterocycles. The molecule has 0 spiro atoms. The van der Waals surface area contributed by atoms with Gasteiger partial charge in [-0.25, -0.2) is 0 Å². The van der Waals surface area contributed by atoms with Crippen molar-refractivity contribution in [2.45, 2.75) is 25.7 Å². The number of nitrogens with zero attached hydrogens (tertiary/aromatic N) is 1. The third-order valence-corrected chi connectivity index (χ3v) is 2.41. The lowest BCUT2D eigenvalue weighted by molar-refractivity contribution is 0.218. The molecule has 0 aliphatic heterocycles. The zero-order valence-corrected chi connectivity index (χ0v) is 8.62. The van der Waals surface area contributed by atoms with Crippen molar-refractivity contribution in [1.82, 2.24) is 0 Å². The van der Waals surface area contributed by atoms with E-state index >= 15 is 0 Å². The van der Waals surface area contributed by atoms with E-state index in [0.717, 1.165) is 11.1 Å². The highest BCUT2D eigenvalue weighted by Crippen LogP contribution is 2.25. The number of aliphatic hydroxyl groups is 1. The van der Waals surface area contributed by atoms with E-state index in [-0.39, 0.29) is 12.0 Å². The molecule has 0 amide bonds. The first-order valence-electron chi connectivity index (χ1n) is 4.68. The van der Waals surface area contributed by atoms with Gasteiger partial charge in [-0.2, -0.15) is 5.26 Å². The van der Waals surface area contributed by atoms with E-state index in [2.05, 4.69) is 6.07 Å². The van der Waals surface area contributed by atoms with Gasteiger partial charge >= 0.3 is 0 Å². The van der Waals surface area contributed by atoms with E-state index in [9.17, 15) is 5.11 Å². The smallest absolute Gasteiger partial charge is 0.0669 e. The first-order valence-corrected chi connectivity index (χ1v) is 4.68. The van der Waals surface area contributed by atoms with Gasteiger partial charge in [-0.1, -0.05) is 38.1 Å². The summed E-state index contributed by atoms with van der Waals surface area (Å²) < 4.78 is 0. The van der Waals surface area contributed by atoms with Crippen LogP contribution in [0.15, 0.2) is 24.3 Å². The van der Waals surface area contributed by atoms with Gasteiger partial charge in [0.1, 0.15) is 0 Å². The molecule has 0 radical (unpaired) electrons. The minimum atomic E-state index is -0.270. The Kier molecular flexibility index (Phi) is 3.27. The predicted molar refractivity (Wildman–Crippen MR) is 55.9 cm³/mol. The molecule has 0 fully saturated rings. The summed E-state index contributed by atoms with van der Waals surface area (Å²) in [6.07, 6.45) is 0.402. The van der Waals surface area contributed by atoms with Crippen molar-refractivity contribution in [3.05, 3.63) is 35.4 Å². The van der Waals surface area contributed by atoms with Crippen LogP contribution >= 0.6 is 0 Å². The largest absolute Gasteiger partial charge is 0.395 e. The summed E-state index contributed by atoms with van der Waals surface area (Å²) in [6.45, 7) is 4.04. The van der Waals surface area contributed by atoms with Crippen molar-refractivity contribution < 1.29 is 5.11 Å². The molecule has 0 aliphatic carbocycles. The molecule has 0 aliphatic rings. The standard InChI is InChI=1S/C12H15NO/c1-12(2,9-14)11-6-4-3-5-10(11)7-8-13/h3-6,14H,7,9H2,1-2H3. The van der Waals surface area contributed by atoms with Gasteiger partial charge in [0.25, 0.3) is 0 Å². The zero-order chi connectivity index (χ0) is 10.6. The van der Waals surface area contributed by atoms with E-state index in [1.165, 1.54) is 0 Å². The fourth-order valence-corrected chi connectivity index (χ4v) is 1.51. The third-order valence-electron chi connectivity index (χ3n) is 2.41. The monoisotopic (exact) mass is 189 g/mol. The second-order valence-corrected chi connectivity index (χ2v) is 4.03. The van der Waals surface area contributed by atoms with Gasteiger partial charge in [0.05, 0.1) is 19.1 Å². The Morgan fingerprint density at radius 1 is 1.36 bits per heavy atom. The highest BCUT2D eigenvalue weighted by molar-refractivity contribution is 5.35. The van der Waals surface area contributed by atoms with Crippen LogP contribution in [0.2, 0.25) is 0 Å². The summed E-state index contributed by atoms with van der Waals surface area (Å²) in [4.78, 5) is 0. The topological polar surface area (TPSA) is 44.0 Å². The van der Waals surface area contributed by atoms with Crippen LogP contribution in [0, 0.1) is 11.3 Å². The maximum Gasteiger partial charge on any atom is 0.0669 e. The van der Waals surface area contributed by atoms with Gasteiger partial charge in [-0.05, 0) is 11.1 Å². The van der Waals surface area contributed by atoms with E-state index in [4.69, 9.17) is 5.26 Å². The van der Waals surface area contributed by atoms with Crippen LogP contribution < -0.4 is 0 Å². The third kappa shape index (κ3) is 2.12. The molecule has 1 aromatic rings. The van der Waals surface area contributed by atoms with Crippen LogP contribution in [0.25, 0.3) is 0 Å². The predicted octanol–water partition coefficient (Wildman–Crippen LogP) is 2.02. The SMILES string of the molecule is CC(C)(CO)c1ccccc1CC#N. The summed E-state index contributed by atoms with van der Waals surface area (Å²) in [6, 6.07) is 9.91. The van der Waals surface area contributed by atoms with Crippen molar-refractivity contribution in [2.24, 2.45) is 0 Å². The first-order chi connectivity index (χ1) is 6.61. The molecular formula is C12H15NO. The molecule has 1 aromatic carbocycles. The number of aliphatic hydroxyl groups excluding tert-OH is 1. The molecule has 1 rings (SSSR count). The number of nitriles is 1. The molecule has 0 heterocycles. The lowest BCUT2D eigenvalue weighted by Gasteiger charge is -2.24. The second-order valence-electron chi connectivity index (χ2n) is 4.03. The molecule has 1 N–H and O–H groups in total. The van der Waals surface area contributed by atoms with Crippen LogP contribution in [-0.4, -0.2) is 11.7 Å². The average Bonchev–Trinajstić information content (AvgIpc) is 2.19. The molecule has 0 saturated carbocycles. The fourth-order valence-electron chi connectivity index (χ4n) is 1.51. The normalized spacial score (nSPS) is 11.0. The fraction of sp³-hybridized carbons (Fsp3) is 0.417. The Morgan fingerprint density at radius 2 is 2.00 bits per heavy atom.